The molecule has 2 N–H and O–H groups in total. The number of aromatic nitrogens is 2. The van der Waals surface area contributed by atoms with Crippen LogP contribution in [0.5, 0.6) is 11.5 Å². The first-order chi connectivity index (χ1) is 13.6. The van der Waals surface area contributed by atoms with Crippen LogP contribution in [0.4, 0.5) is 5.82 Å². The molecule has 0 saturated carbocycles. The third-order valence-electron chi connectivity index (χ3n) is 5.13. The van der Waals surface area contributed by atoms with Gasteiger partial charge in [0.15, 0.2) is 11.5 Å². The molecule has 2 aliphatic rings. The number of aromatic amines is 1. The zero-order valence-corrected chi connectivity index (χ0v) is 17.5. The number of amides is 1. The van der Waals surface area contributed by atoms with E-state index in [2.05, 4.69) is 10.4 Å². The van der Waals surface area contributed by atoms with Gasteiger partial charge in [-0.2, -0.15) is 11.8 Å². The molecule has 9 heteroatoms. The summed E-state index contributed by atoms with van der Waals surface area (Å²) in [4.78, 5) is 25.3. The van der Waals surface area contributed by atoms with Crippen LogP contribution in [-0.4, -0.2) is 47.2 Å². The molecule has 0 spiro atoms. The number of ether oxygens (including phenoxy) is 2. The van der Waals surface area contributed by atoms with Crippen molar-refractivity contribution in [2.45, 2.75) is 24.1 Å². The molecule has 1 aromatic heterocycles. The predicted octanol–water partition coefficient (Wildman–Crippen LogP) is 3.04. The fraction of sp³-hybridized carbons (Fsp3) is 0.474. The van der Waals surface area contributed by atoms with Crippen LogP contribution in [0.1, 0.15) is 35.3 Å². The monoisotopic (exact) mass is 421 g/mol. The maximum absolute atomic E-state index is 12.9. The van der Waals surface area contributed by atoms with Gasteiger partial charge in [-0.15, -0.1) is 11.8 Å². The number of nitrogens with one attached hydrogen (secondary N) is 2. The lowest BCUT2D eigenvalue weighted by Crippen LogP contribution is -2.22. The highest BCUT2D eigenvalue weighted by molar-refractivity contribution is 8.00. The SMILES string of the molecule is COc1ccc(C2SCC(=O)Nc3c2c(=O)[nH]n3C2CCSCC2)cc1OC. The Kier molecular flexibility index (Phi) is 5.63. The average molecular weight is 422 g/mol. The molecule has 1 fully saturated rings. The summed E-state index contributed by atoms with van der Waals surface area (Å²) in [6, 6.07) is 5.83. The lowest BCUT2D eigenvalue weighted by atomic mass is 10.0. The molecule has 7 nitrogen and oxygen atoms in total. The average Bonchev–Trinajstić information content (AvgIpc) is 2.93. The van der Waals surface area contributed by atoms with Crippen molar-refractivity contribution in [2.24, 2.45) is 0 Å². The van der Waals surface area contributed by atoms with Gasteiger partial charge < -0.3 is 14.8 Å². The number of benzene rings is 1. The molecule has 1 aromatic carbocycles. The van der Waals surface area contributed by atoms with Gasteiger partial charge in [-0.25, -0.2) is 0 Å². The summed E-state index contributed by atoms with van der Waals surface area (Å²) >= 11 is 3.37. The van der Waals surface area contributed by atoms with Crippen molar-refractivity contribution in [3.8, 4) is 11.5 Å². The second-order valence-electron chi connectivity index (χ2n) is 6.77. The highest BCUT2D eigenvalue weighted by Gasteiger charge is 2.33. The molecule has 150 valence electrons. The molecule has 1 unspecified atom stereocenters. The highest BCUT2D eigenvalue weighted by atomic mass is 32.2. The second kappa shape index (κ2) is 8.16. The van der Waals surface area contributed by atoms with Gasteiger partial charge >= 0.3 is 0 Å². The third kappa shape index (κ3) is 3.53. The van der Waals surface area contributed by atoms with Gasteiger partial charge in [0.05, 0.1) is 36.8 Å². The van der Waals surface area contributed by atoms with E-state index in [1.807, 2.05) is 34.6 Å². The number of rotatable bonds is 4. The summed E-state index contributed by atoms with van der Waals surface area (Å²) in [5.74, 6) is 4.15. The summed E-state index contributed by atoms with van der Waals surface area (Å²) < 4.78 is 12.6. The molecule has 0 radical (unpaired) electrons. The molecule has 0 aliphatic carbocycles. The van der Waals surface area contributed by atoms with E-state index < -0.39 is 0 Å². The minimum atomic E-state index is -0.267. The first-order valence-electron chi connectivity index (χ1n) is 9.18. The van der Waals surface area contributed by atoms with Gasteiger partial charge in [0.1, 0.15) is 5.82 Å². The van der Waals surface area contributed by atoms with Crippen LogP contribution in [0.25, 0.3) is 0 Å². The van der Waals surface area contributed by atoms with E-state index in [4.69, 9.17) is 9.47 Å². The van der Waals surface area contributed by atoms with Gasteiger partial charge in [0.25, 0.3) is 5.56 Å². The van der Waals surface area contributed by atoms with Crippen molar-refractivity contribution >= 4 is 35.2 Å². The number of nitrogens with zero attached hydrogens (tertiary/aromatic N) is 1. The van der Waals surface area contributed by atoms with E-state index in [9.17, 15) is 9.59 Å². The van der Waals surface area contributed by atoms with Gasteiger partial charge in [-0.05, 0) is 42.0 Å². The molecule has 1 saturated heterocycles. The van der Waals surface area contributed by atoms with E-state index in [1.54, 1.807) is 14.2 Å². The summed E-state index contributed by atoms with van der Waals surface area (Å²) in [6.07, 6.45) is 1.96. The fourth-order valence-electron chi connectivity index (χ4n) is 3.74. The van der Waals surface area contributed by atoms with Gasteiger partial charge in [0.2, 0.25) is 5.91 Å². The zero-order valence-electron chi connectivity index (χ0n) is 15.8. The normalized spacial score (nSPS) is 20.2. The van der Waals surface area contributed by atoms with Gasteiger partial charge in [0, 0.05) is 0 Å². The van der Waals surface area contributed by atoms with Crippen LogP contribution in [0, 0.1) is 0 Å². The van der Waals surface area contributed by atoms with Crippen molar-refractivity contribution < 1.29 is 14.3 Å². The lowest BCUT2D eigenvalue weighted by molar-refractivity contribution is -0.113. The lowest BCUT2D eigenvalue weighted by Gasteiger charge is -2.24. The summed E-state index contributed by atoms with van der Waals surface area (Å²) in [7, 11) is 3.18. The number of fused-ring (bicyclic) bond motifs is 1. The summed E-state index contributed by atoms with van der Waals surface area (Å²) in [5.41, 5.74) is 1.35. The van der Waals surface area contributed by atoms with Crippen molar-refractivity contribution in [3.63, 3.8) is 0 Å². The van der Waals surface area contributed by atoms with E-state index in [0.29, 0.717) is 22.9 Å². The van der Waals surface area contributed by atoms with E-state index in [0.717, 1.165) is 29.9 Å². The Balaban J connectivity index is 1.80. The number of methoxy groups -OCH3 is 2. The molecule has 28 heavy (non-hydrogen) atoms. The molecule has 2 aliphatic heterocycles. The van der Waals surface area contributed by atoms with E-state index >= 15 is 0 Å². The summed E-state index contributed by atoms with van der Waals surface area (Å²) in [6.45, 7) is 0. The first kappa shape index (κ1) is 19.3. The number of carbonyl (C=O) groups excluding carboxylic acids is 1. The Bertz CT molecular complexity index is 934. The largest absolute Gasteiger partial charge is 0.493 e. The molecular weight excluding hydrogens is 398 g/mol. The Morgan fingerprint density at radius 2 is 1.86 bits per heavy atom. The van der Waals surface area contributed by atoms with E-state index in [-0.39, 0.29) is 28.5 Å². The molecular formula is C19H23N3O4S2. The summed E-state index contributed by atoms with van der Waals surface area (Å²) in [5, 5.41) is 5.69. The Morgan fingerprint density at radius 3 is 2.57 bits per heavy atom. The van der Waals surface area contributed by atoms with Crippen LogP contribution in [-0.2, 0) is 4.79 Å². The maximum Gasteiger partial charge on any atom is 0.270 e. The zero-order chi connectivity index (χ0) is 19.7. The molecule has 4 rings (SSSR count). The molecule has 3 heterocycles. The van der Waals surface area contributed by atoms with Gasteiger partial charge in [-0.3, -0.25) is 19.4 Å². The quantitative estimate of drug-likeness (QED) is 0.789. The molecule has 1 amide bonds. The minimum Gasteiger partial charge on any atom is -0.493 e. The minimum absolute atomic E-state index is 0.0906. The van der Waals surface area contributed by atoms with Crippen molar-refractivity contribution in [2.75, 3.05) is 36.8 Å². The number of hydrogen-bond acceptors (Lipinski definition) is 6. The smallest absolute Gasteiger partial charge is 0.270 e. The molecule has 2 aromatic rings. The Labute approximate surface area is 171 Å². The van der Waals surface area contributed by atoms with Crippen molar-refractivity contribution in [1.82, 2.24) is 9.78 Å². The Hall–Kier alpha value is -2.00. The van der Waals surface area contributed by atoms with Crippen molar-refractivity contribution in [1.29, 1.82) is 0 Å². The number of carbonyl (C=O) groups is 1. The fourth-order valence-corrected chi connectivity index (χ4v) is 5.94. The van der Waals surface area contributed by atoms with Crippen LogP contribution in [0.2, 0.25) is 0 Å². The topological polar surface area (TPSA) is 85.4 Å². The van der Waals surface area contributed by atoms with Crippen molar-refractivity contribution in [3.05, 3.63) is 39.7 Å². The standard InChI is InChI=1S/C19H23N3O4S2/c1-25-13-4-3-11(9-14(13)26-2)17-16-18(20-15(23)10-28-17)22(21-19(16)24)12-5-7-27-8-6-12/h3-4,9,12,17H,5-8,10H2,1-2H3,(H,20,23)(H,21,24). The predicted molar refractivity (Wildman–Crippen MR) is 113 cm³/mol. The van der Waals surface area contributed by atoms with Crippen LogP contribution >= 0.6 is 23.5 Å². The number of hydrogen-bond donors (Lipinski definition) is 2. The van der Waals surface area contributed by atoms with Crippen LogP contribution in [0.3, 0.4) is 0 Å². The Morgan fingerprint density at radius 1 is 1.11 bits per heavy atom. The molecule has 0 bridgehead atoms. The van der Waals surface area contributed by atoms with Gasteiger partial charge in [-0.1, -0.05) is 6.07 Å². The highest BCUT2D eigenvalue weighted by Crippen LogP contribution is 2.43. The molecule has 1 atom stereocenters. The van der Waals surface area contributed by atoms with E-state index in [1.165, 1.54) is 11.8 Å². The second-order valence-corrected chi connectivity index (χ2v) is 9.09. The van der Waals surface area contributed by atoms with Crippen LogP contribution in [0.15, 0.2) is 23.0 Å². The first-order valence-corrected chi connectivity index (χ1v) is 11.4. The number of anilines is 1. The number of thioether (sulfide) groups is 2. The number of H-pyrrole nitrogens is 1. The third-order valence-corrected chi connectivity index (χ3v) is 7.45. The maximum atomic E-state index is 12.9. The van der Waals surface area contributed by atoms with Crippen LogP contribution < -0.4 is 20.3 Å².